The molecule has 0 aliphatic rings. The summed E-state index contributed by atoms with van der Waals surface area (Å²) in [6.45, 7) is 0. The van der Waals surface area contributed by atoms with Crippen LogP contribution in [0.15, 0.2) is 54.7 Å². The van der Waals surface area contributed by atoms with Crippen molar-refractivity contribution in [1.82, 2.24) is 9.97 Å². The molecule has 0 saturated carbocycles. The molecule has 0 bridgehead atoms. The predicted octanol–water partition coefficient (Wildman–Crippen LogP) is 4.94. The lowest BCUT2D eigenvalue weighted by atomic mass is 10.2. The van der Waals surface area contributed by atoms with E-state index in [9.17, 15) is 9.90 Å². The molecule has 2 aromatic carbocycles. The molecule has 24 heavy (non-hydrogen) atoms. The van der Waals surface area contributed by atoms with E-state index in [4.69, 9.17) is 27.9 Å². The number of rotatable bonds is 4. The van der Waals surface area contributed by atoms with Crippen LogP contribution in [0.2, 0.25) is 10.0 Å². The molecule has 0 unspecified atom stereocenters. The highest BCUT2D eigenvalue weighted by Crippen LogP contribution is 2.35. The summed E-state index contributed by atoms with van der Waals surface area (Å²) in [7, 11) is 0. The summed E-state index contributed by atoms with van der Waals surface area (Å²) in [5, 5.41) is 9.78. The van der Waals surface area contributed by atoms with Gasteiger partial charge in [0.25, 0.3) is 0 Å². The van der Waals surface area contributed by atoms with E-state index >= 15 is 0 Å². The summed E-state index contributed by atoms with van der Waals surface area (Å²) in [6, 6.07) is 14.0. The summed E-state index contributed by atoms with van der Waals surface area (Å²) in [5.74, 6) is -0.763. The summed E-state index contributed by atoms with van der Waals surface area (Å²) < 4.78 is 5.60. The van der Waals surface area contributed by atoms with Gasteiger partial charge >= 0.3 is 5.97 Å². The van der Waals surface area contributed by atoms with Crippen LogP contribution in [-0.4, -0.2) is 21.0 Å². The highest BCUT2D eigenvalue weighted by Gasteiger charge is 2.18. The molecule has 1 aromatic heterocycles. The normalized spacial score (nSPS) is 10.4. The zero-order valence-corrected chi connectivity index (χ0v) is 13.6. The van der Waals surface area contributed by atoms with E-state index in [0.29, 0.717) is 10.8 Å². The van der Waals surface area contributed by atoms with Crippen LogP contribution in [0.5, 0.6) is 11.6 Å². The van der Waals surface area contributed by atoms with Crippen molar-refractivity contribution in [2.75, 3.05) is 0 Å². The van der Waals surface area contributed by atoms with Gasteiger partial charge in [0.15, 0.2) is 5.82 Å². The van der Waals surface area contributed by atoms with Crippen molar-refractivity contribution in [3.63, 3.8) is 0 Å². The van der Waals surface area contributed by atoms with Crippen LogP contribution in [0.1, 0.15) is 10.4 Å². The third-order valence-electron chi connectivity index (χ3n) is 3.14. The Bertz CT molecular complexity index is 902. The third-order valence-corrected chi connectivity index (χ3v) is 3.94. The Kier molecular flexibility index (Phi) is 4.64. The number of hydrogen-bond acceptors (Lipinski definition) is 4. The first-order valence-electron chi connectivity index (χ1n) is 6.84. The maximum Gasteiger partial charge on any atom is 0.342 e. The van der Waals surface area contributed by atoms with E-state index in [0.717, 1.165) is 5.56 Å². The molecule has 0 amide bonds. The Morgan fingerprint density at radius 3 is 2.50 bits per heavy atom. The zero-order valence-electron chi connectivity index (χ0n) is 12.1. The fourth-order valence-electron chi connectivity index (χ4n) is 1.98. The number of nitrogens with zero attached hydrogens (tertiary/aromatic N) is 2. The molecule has 1 N–H and O–H groups in total. The van der Waals surface area contributed by atoms with Gasteiger partial charge in [-0.1, -0.05) is 59.6 Å². The molecule has 5 nitrogen and oxygen atoms in total. The molecule has 120 valence electrons. The lowest BCUT2D eigenvalue weighted by Gasteiger charge is -2.11. The van der Waals surface area contributed by atoms with Crippen LogP contribution >= 0.6 is 23.2 Å². The number of benzene rings is 2. The summed E-state index contributed by atoms with van der Waals surface area (Å²) in [6.07, 6.45) is 1.20. The lowest BCUT2D eigenvalue weighted by Crippen LogP contribution is -2.05. The standard InChI is InChI=1S/C17H10Cl2N2O3/c18-12-7-4-8-13(14(12)19)24-16-11(17(22)23)9-20-15(21-16)10-5-2-1-3-6-10/h1-9H,(H,22,23). The fraction of sp³-hybridized carbons (Fsp3) is 0. The molecular weight excluding hydrogens is 351 g/mol. The Morgan fingerprint density at radius 1 is 1.04 bits per heavy atom. The van der Waals surface area contributed by atoms with Crippen LogP contribution < -0.4 is 4.74 Å². The second kappa shape index (κ2) is 6.86. The van der Waals surface area contributed by atoms with Crippen LogP contribution in [-0.2, 0) is 0 Å². The molecule has 0 spiro atoms. The monoisotopic (exact) mass is 360 g/mol. The number of halogens is 2. The highest BCUT2D eigenvalue weighted by molar-refractivity contribution is 6.42. The Hall–Kier alpha value is -2.63. The molecule has 3 aromatic rings. The number of aromatic carboxylic acids is 1. The largest absolute Gasteiger partial charge is 0.477 e. The second-order valence-electron chi connectivity index (χ2n) is 4.74. The van der Waals surface area contributed by atoms with Gasteiger partial charge in [-0.3, -0.25) is 0 Å². The molecule has 0 saturated heterocycles. The summed E-state index contributed by atoms with van der Waals surface area (Å²) in [5.41, 5.74) is 0.558. The van der Waals surface area contributed by atoms with Gasteiger partial charge in [-0.15, -0.1) is 0 Å². The molecule has 0 aliphatic carbocycles. The van der Waals surface area contributed by atoms with Gasteiger partial charge in [0.05, 0.1) is 5.02 Å². The SMILES string of the molecule is O=C(O)c1cnc(-c2ccccc2)nc1Oc1cccc(Cl)c1Cl. The number of hydrogen-bond donors (Lipinski definition) is 1. The van der Waals surface area contributed by atoms with Crippen LogP contribution in [0, 0.1) is 0 Å². The third kappa shape index (κ3) is 3.32. The number of aromatic nitrogens is 2. The van der Waals surface area contributed by atoms with Crippen molar-refractivity contribution in [1.29, 1.82) is 0 Å². The van der Waals surface area contributed by atoms with Gasteiger partial charge < -0.3 is 9.84 Å². The maximum atomic E-state index is 11.4. The number of ether oxygens (including phenoxy) is 1. The van der Waals surface area contributed by atoms with Crippen molar-refractivity contribution in [3.8, 4) is 23.0 Å². The van der Waals surface area contributed by atoms with Gasteiger partial charge in [0, 0.05) is 11.8 Å². The number of carboxylic acid groups (broad SMARTS) is 1. The first-order chi connectivity index (χ1) is 11.6. The minimum atomic E-state index is -1.21. The van der Waals surface area contributed by atoms with E-state index < -0.39 is 5.97 Å². The molecule has 0 radical (unpaired) electrons. The summed E-state index contributed by atoms with van der Waals surface area (Å²) in [4.78, 5) is 19.7. The zero-order chi connectivity index (χ0) is 17.1. The molecule has 0 fully saturated rings. The van der Waals surface area contributed by atoms with E-state index in [1.165, 1.54) is 6.20 Å². The van der Waals surface area contributed by atoms with Crippen molar-refractivity contribution in [2.24, 2.45) is 0 Å². The van der Waals surface area contributed by atoms with Crippen LogP contribution in [0.3, 0.4) is 0 Å². The second-order valence-corrected chi connectivity index (χ2v) is 5.52. The first kappa shape index (κ1) is 16.2. The quantitative estimate of drug-likeness (QED) is 0.713. The van der Waals surface area contributed by atoms with Gasteiger partial charge in [0.2, 0.25) is 5.88 Å². The fourth-order valence-corrected chi connectivity index (χ4v) is 2.31. The molecule has 1 heterocycles. The van der Waals surface area contributed by atoms with E-state index in [1.54, 1.807) is 18.2 Å². The maximum absolute atomic E-state index is 11.4. The molecular formula is C17H10Cl2N2O3. The van der Waals surface area contributed by atoms with Crippen molar-refractivity contribution in [3.05, 3.63) is 70.3 Å². The minimum absolute atomic E-state index is 0.111. The molecule has 7 heteroatoms. The van der Waals surface area contributed by atoms with Crippen molar-refractivity contribution >= 4 is 29.2 Å². The van der Waals surface area contributed by atoms with Crippen LogP contribution in [0.25, 0.3) is 11.4 Å². The number of carboxylic acids is 1. The predicted molar refractivity (Wildman–Crippen MR) is 91.0 cm³/mol. The average molecular weight is 361 g/mol. The minimum Gasteiger partial charge on any atom is -0.477 e. The first-order valence-corrected chi connectivity index (χ1v) is 7.59. The van der Waals surface area contributed by atoms with Gasteiger partial charge in [-0.25, -0.2) is 9.78 Å². The topological polar surface area (TPSA) is 72.3 Å². The smallest absolute Gasteiger partial charge is 0.342 e. The van der Waals surface area contributed by atoms with Crippen molar-refractivity contribution in [2.45, 2.75) is 0 Å². The molecule has 3 rings (SSSR count). The molecule has 0 atom stereocenters. The van der Waals surface area contributed by atoms with Gasteiger partial charge in [-0.05, 0) is 12.1 Å². The van der Waals surface area contributed by atoms with Gasteiger partial charge in [-0.2, -0.15) is 4.98 Å². The van der Waals surface area contributed by atoms with Crippen LogP contribution in [0.4, 0.5) is 0 Å². The Labute approximate surface area is 147 Å². The molecule has 0 aliphatic heterocycles. The average Bonchev–Trinajstić information content (AvgIpc) is 2.59. The van der Waals surface area contributed by atoms with E-state index in [-0.39, 0.29) is 22.2 Å². The Balaban J connectivity index is 2.07. The summed E-state index contributed by atoms with van der Waals surface area (Å²) >= 11 is 12.0. The van der Waals surface area contributed by atoms with E-state index in [2.05, 4.69) is 9.97 Å². The lowest BCUT2D eigenvalue weighted by molar-refractivity contribution is 0.0693. The number of carbonyl (C=O) groups is 1. The van der Waals surface area contributed by atoms with E-state index in [1.807, 2.05) is 30.3 Å². The Morgan fingerprint density at radius 2 is 1.79 bits per heavy atom. The van der Waals surface area contributed by atoms with Crippen molar-refractivity contribution < 1.29 is 14.6 Å². The highest BCUT2D eigenvalue weighted by atomic mass is 35.5. The van der Waals surface area contributed by atoms with Gasteiger partial charge in [0.1, 0.15) is 16.3 Å².